The maximum absolute atomic E-state index is 13.2. The molecule has 0 radical (unpaired) electrons. The molecule has 0 amide bonds. The predicted molar refractivity (Wildman–Crippen MR) is 88.8 cm³/mol. The van der Waals surface area contributed by atoms with Crippen molar-refractivity contribution >= 4 is 0 Å². The Balaban J connectivity index is 1.84. The van der Waals surface area contributed by atoms with E-state index in [1.807, 2.05) is 6.07 Å². The highest BCUT2D eigenvalue weighted by atomic mass is 19.4. The molecular weight excluding hydrogens is 402 g/mol. The van der Waals surface area contributed by atoms with Gasteiger partial charge in [-0.2, -0.15) is 37.1 Å². The molecule has 1 saturated heterocycles. The van der Waals surface area contributed by atoms with E-state index in [9.17, 15) is 26.3 Å². The molecule has 1 fully saturated rings. The van der Waals surface area contributed by atoms with Crippen LogP contribution in [0.5, 0.6) is 5.75 Å². The van der Waals surface area contributed by atoms with E-state index in [2.05, 4.69) is 16.4 Å². The minimum Gasteiger partial charge on any atom is -0.489 e. The van der Waals surface area contributed by atoms with E-state index in [0.29, 0.717) is 23.8 Å². The van der Waals surface area contributed by atoms with Crippen molar-refractivity contribution in [3.63, 3.8) is 0 Å². The number of nitriles is 1. The Hall–Kier alpha value is -2.81. The molecule has 0 saturated carbocycles. The summed E-state index contributed by atoms with van der Waals surface area (Å²) in [7, 11) is 0. The van der Waals surface area contributed by atoms with Gasteiger partial charge in [0.15, 0.2) is 0 Å². The Morgan fingerprint density at radius 3 is 2.38 bits per heavy atom. The minimum atomic E-state index is -4.82. The first-order chi connectivity index (χ1) is 13.6. The molecule has 154 valence electrons. The Labute approximate surface area is 161 Å². The van der Waals surface area contributed by atoms with E-state index in [-0.39, 0.29) is 5.75 Å². The topological polar surface area (TPSA) is 69.1 Å². The second kappa shape index (κ2) is 7.90. The smallest absolute Gasteiger partial charge is 0.416 e. The highest BCUT2D eigenvalue weighted by Crippen LogP contribution is 2.37. The molecule has 0 bridgehead atoms. The van der Waals surface area contributed by atoms with Crippen LogP contribution in [0.3, 0.4) is 0 Å². The van der Waals surface area contributed by atoms with Crippen molar-refractivity contribution in [2.75, 3.05) is 0 Å². The Morgan fingerprint density at radius 2 is 1.72 bits per heavy atom. The van der Waals surface area contributed by atoms with Crippen LogP contribution in [0.15, 0.2) is 42.5 Å². The van der Waals surface area contributed by atoms with Crippen molar-refractivity contribution in [1.29, 1.82) is 5.26 Å². The van der Waals surface area contributed by atoms with Crippen molar-refractivity contribution in [3.8, 4) is 11.8 Å². The fourth-order valence-electron chi connectivity index (χ4n) is 2.87. The van der Waals surface area contributed by atoms with Gasteiger partial charge in [-0.05, 0) is 35.9 Å². The summed E-state index contributed by atoms with van der Waals surface area (Å²) in [4.78, 5) is 0. The van der Waals surface area contributed by atoms with Crippen LogP contribution >= 0.6 is 0 Å². The molecule has 2 aromatic carbocycles. The van der Waals surface area contributed by atoms with Gasteiger partial charge in [0.25, 0.3) is 0 Å². The Kier molecular flexibility index (Phi) is 5.70. The van der Waals surface area contributed by atoms with E-state index < -0.39 is 47.7 Å². The van der Waals surface area contributed by atoms with Crippen LogP contribution in [0.4, 0.5) is 26.3 Å². The van der Waals surface area contributed by atoms with Gasteiger partial charge in [0.05, 0.1) is 23.2 Å². The molecule has 0 aromatic heterocycles. The van der Waals surface area contributed by atoms with E-state index in [1.165, 1.54) is 12.1 Å². The van der Waals surface area contributed by atoms with Crippen molar-refractivity contribution in [3.05, 3.63) is 64.7 Å². The summed E-state index contributed by atoms with van der Waals surface area (Å²) in [5, 5.41) is 9.10. The summed E-state index contributed by atoms with van der Waals surface area (Å²) in [6.45, 7) is -0.710. The summed E-state index contributed by atoms with van der Waals surface area (Å²) in [6.07, 6.45) is -9.60. The first-order valence-electron chi connectivity index (χ1n) is 8.25. The van der Waals surface area contributed by atoms with Gasteiger partial charge in [-0.3, -0.25) is 0 Å². The summed E-state index contributed by atoms with van der Waals surface area (Å²) < 4.78 is 83.5. The first kappa shape index (κ1) is 20.9. The number of hydrogen-bond donors (Lipinski definition) is 3. The van der Waals surface area contributed by atoms with Crippen LogP contribution in [0.2, 0.25) is 0 Å². The maximum atomic E-state index is 13.2. The van der Waals surface area contributed by atoms with Gasteiger partial charge in [-0.25, -0.2) is 10.9 Å². The minimum absolute atomic E-state index is 0.151. The molecule has 2 aromatic rings. The van der Waals surface area contributed by atoms with Crippen molar-refractivity contribution in [1.82, 2.24) is 16.4 Å². The number of halogens is 6. The third-order valence-electron chi connectivity index (χ3n) is 4.28. The molecule has 3 rings (SSSR count). The Bertz CT molecular complexity index is 922. The van der Waals surface area contributed by atoms with E-state index in [1.54, 1.807) is 12.1 Å². The van der Waals surface area contributed by atoms with E-state index in [4.69, 9.17) is 10.00 Å². The summed E-state index contributed by atoms with van der Waals surface area (Å²) in [5.41, 5.74) is 5.68. The second-order valence-electron chi connectivity index (χ2n) is 6.23. The molecule has 1 heterocycles. The van der Waals surface area contributed by atoms with Gasteiger partial charge < -0.3 is 4.74 Å². The molecular formula is C18H14F6N4O. The van der Waals surface area contributed by atoms with E-state index in [0.717, 1.165) is 0 Å². The number of alkyl halides is 6. The lowest BCUT2D eigenvalue weighted by Crippen LogP contribution is -2.32. The zero-order valence-electron chi connectivity index (χ0n) is 14.5. The van der Waals surface area contributed by atoms with Crippen LogP contribution in [-0.4, -0.2) is 6.04 Å². The molecule has 29 heavy (non-hydrogen) atoms. The standard InChI is InChI=1S/C18H14F6N4O/c19-17(20,21)12-4-5-14(18(22,23)24)11(6-12)9-29-13-3-1-2-10(7-13)16-15(8-25)26-28-27-16/h1-7,15-16,26-28H,9H2. The first-order valence-corrected chi connectivity index (χ1v) is 8.25. The zero-order chi connectivity index (χ0) is 21.2. The number of nitrogens with one attached hydrogen (secondary N) is 3. The highest BCUT2D eigenvalue weighted by Gasteiger charge is 2.37. The molecule has 1 aliphatic rings. The van der Waals surface area contributed by atoms with Gasteiger partial charge in [0.2, 0.25) is 0 Å². The van der Waals surface area contributed by atoms with Crippen LogP contribution in [0, 0.1) is 11.3 Å². The SMILES string of the molecule is N#CC1NNNC1c1cccc(OCc2cc(C(F)(F)F)ccc2C(F)(F)F)c1. The molecule has 1 aliphatic heterocycles. The third kappa shape index (κ3) is 4.79. The monoisotopic (exact) mass is 416 g/mol. The van der Waals surface area contributed by atoms with Crippen LogP contribution in [-0.2, 0) is 19.0 Å². The normalized spacial score (nSPS) is 19.8. The summed E-state index contributed by atoms with van der Waals surface area (Å²) >= 11 is 0. The van der Waals surface area contributed by atoms with Crippen LogP contribution in [0.25, 0.3) is 0 Å². The molecule has 2 atom stereocenters. The van der Waals surface area contributed by atoms with Gasteiger partial charge in [0, 0.05) is 5.56 Å². The molecule has 0 aliphatic carbocycles. The number of rotatable bonds is 4. The summed E-state index contributed by atoms with van der Waals surface area (Å²) in [5.74, 6) is 0.151. The van der Waals surface area contributed by atoms with Crippen LogP contribution < -0.4 is 21.1 Å². The summed E-state index contributed by atoms with van der Waals surface area (Å²) in [6, 6.07) is 8.39. The highest BCUT2D eigenvalue weighted by molar-refractivity contribution is 5.37. The number of hydrogen-bond acceptors (Lipinski definition) is 5. The lowest BCUT2D eigenvalue weighted by Gasteiger charge is -2.17. The fourth-order valence-corrected chi connectivity index (χ4v) is 2.87. The quantitative estimate of drug-likeness (QED) is 0.661. The second-order valence-corrected chi connectivity index (χ2v) is 6.23. The van der Waals surface area contributed by atoms with Crippen molar-refractivity contribution in [2.24, 2.45) is 0 Å². The van der Waals surface area contributed by atoms with Gasteiger partial charge in [0.1, 0.15) is 18.4 Å². The maximum Gasteiger partial charge on any atom is 0.416 e. The lowest BCUT2D eigenvalue weighted by molar-refractivity contribution is -0.142. The molecule has 2 unspecified atom stereocenters. The molecule has 5 nitrogen and oxygen atoms in total. The van der Waals surface area contributed by atoms with E-state index >= 15 is 0 Å². The van der Waals surface area contributed by atoms with Gasteiger partial charge in [-0.15, -0.1) is 0 Å². The Morgan fingerprint density at radius 1 is 0.966 bits per heavy atom. The van der Waals surface area contributed by atoms with Gasteiger partial charge >= 0.3 is 12.4 Å². The van der Waals surface area contributed by atoms with Crippen molar-refractivity contribution < 1.29 is 31.1 Å². The average Bonchev–Trinajstić information content (AvgIpc) is 3.14. The average molecular weight is 416 g/mol. The van der Waals surface area contributed by atoms with Gasteiger partial charge in [-0.1, -0.05) is 12.1 Å². The van der Waals surface area contributed by atoms with Crippen molar-refractivity contribution in [2.45, 2.75) is 31.0 Å². The number of hydrazine groups is 2. The predicted octanol–water partition coefficient (Wildman–Crippen LogP) is 3.85. The molecule has 0 spiro atoms. The van der Waals surface area contributed by atoms with Crippen LogP contribution in [0.1, 0.15) is 28.3 Å². The third-order valence-corrected chi connectivity index (χ3v) is 4.28. The lowest BCUT2D eigenvalue weighted by atomic mass is 10.0. The number of nitrogens with zero attached hydrogens (tertiary/aromatic N) is 1. The fraction of sp³-hybridized carbons (Fsp3) is 0.278. The number of benzene rings is 2. The molecule has 11 heteroatoms. The number of ether oxygens (including phenoxy) is 1. The largest absolute Gasteiger partial charge is 0.489 e. The zero-order valence-corrected chi connectivity index (χ0v) is 14.5. The molecule has 3 N–H and O–H groups in total.